The van der Waals surface area contributed by atoms with Crippen molar-refractivity contribution in [2.45, 2.75) is 95.9 Å². The largest absolute Gasteiger partial charge is 0.493 e. The van der Waals surface area contributed by atoms with Crippen molar-refractivity contribution in [3.63, 3.8) is 0 Å². The molecule has 0 atom stereocenters. The van der Waals surface area contributed by atoms with Crippen molar-refractivity contribution in [1.82, 2.24) is 0 Å². The third kappa shape index (κ3) is 8.52. The molecule has 1 nitrogen and oxygen atoms in total. The third-order valence-electron chi connectivity index (χ3n) is 5.69. The molecule has 1 aromatic carbocycles. The van der Waals surface area contributed by atoms with Crippen LogP contribution in [0.1, 0.15) is 101 Å². The quantitative estimate of drug-likeness (QED) is 0.143. The molecule has 0 aliphatic heterocycles. The first-order chi connectivity index (χ1) is 12.9. The Bertz CT molecular complexity index is 547. The van der Waals surface area contributed by atoms with Gasteiger partial charge in [-0.15, -0.1) is 0 Å². The summed E-state index contributed by atoms with van der Waals surface area (Å²) in [6.07, 6.45) is 13.0. The predicted molar refractivity (Wildman–Crippen MR) is 132 cm³/mol. The molecule has 1 saturated carbocycles. The van der Waals surface area contributed by atoms with Gasteiger partial charge >= 0.3 is 0 Å². The molecule has 2 rings (SSSR count). The highest BCUT2D eigenvalue weighted by atomic mass is 80.0. The van der Waals surface area contributed by atoms with Gasteiger partial charge in [0.2, 0.25) is 0 Å². The molecule has 1 fully saturated rings. The zero-order valence-electron chi connectivity index (χ0n) is 16.9. The fourth-order valence-corrected chi connectivity index (χ4v) is 7.38. The average molecular weight is 583 g/mol. The average Bonchev–Trinajstić information content (AvgIpc) is 2.65. The third-order valence-corrected chi connectivity index (χ3v) is 10.2. The van der Waals surface area contributed by atoms with Gasteiger partial charge in [0, 0.05) is 0 Å². The van der Waals surface area contributed by atoms with Crippen LogP contribution in [0.5, 0.6) is 5.75 Å². The molecule has 0 heterocycles. The van der Waals surface area contributed by atoms with Gasteiger partial charge in [-0.1, -0.05) is 104 Å². The van der Waals surface area contributed by atoms with E-state index in [1.807, 2.05) is 0 Å². The van der Waals surface area contributed by atoms with Crippen LogP contribution in [0.15, 0.2) is 18.2 Å². The summed E-state index contributed by atoms with van der Waals surface area (Å²) < 4.78 is 4.77. The summed E-state index contributed by atoms with van der Waals surface area (Å²) in [6.45, 7) is 5.41. The van der Waals surface area contributed by atoms with Crippen LogP contribution >= 0.6 is 45.9 Å². The summed E-state index contributed by atoms with van der Waals surface area (Å²) in [5.41, 5.74) is 3.03. The summed E-state index contributed by atoms with van der Waals surface area (Å²) in [5.74, 6) is 2.54. The van der Waals surface area contributed by atoms with Crippen molar-refractivity contribution >= 4 is 49.8 Å². The van der Waals surface area contributed by atoms with Crippen molar-refractivity contribution < 1.29 is 4.74 Å². The lowest BCUT2D eigenvalue weighted by atomic mass is 9.81. The molecular formula is C22H35Br3OSi. The van der Waals surface area contributed by atoms with Crippen molar-refractivity contribution in [3.8, 4) is 5.75 Å². The number of ether oxygens (including phenoxy) is 1. The first kappa shape index (κ1) is 24.0. The molecule has 0 radical (unpaired) electrons. The smallest absolute Gasteiger partial charge is 0.267 e. The molecule has 1 aromatic rings. The molecule has 0 amide bonds. The highest BCUT2D eigenvalue weighted by Gasteiger charge is 2.23. The second-order valence-corrected chi connectivity index (χ2v) is 31.5. The predicted octanol–water partition coefficient (Wildman–Crippen LogP) is 9.31. The minimum Gasteiger partial charge on any atom is -0.493 e. The Morgan fingerprint density at radius 2 is 1.70 bits per heavy atom. The molecule has 0 saturated heterocycles. The van der Waals surface area contributed by atoms with E-state index in [2.05, 4.69) is 77.9 Å². The zero-order chi connectivity index (χ0) is 19.7. The summed E-state index contributed by atoms with van der Waals surface area (Å²) in [5, 5.41) is 0. The Kier molecular flexibility index (Phi) is 11.0. The van der Waals surface area contributed by atoms with Crippen LogP contribution in [0.25, 0.3) is 0 Å². The van der Waals surface area contributed by atoms with Crippen LogP contribution in [-0.2, 0) is 0 Å². The summed E-state index contributed by atoms with van der Waals surface area (Å²) in [4.78, 5) is 0. The molecular weight excluding hydrogens is 548 g/mol. The van der Waals surface area contributed by atoms with E-state index < -0.39 is 3.93 Å². The molecule has 0 bridgehead atoms. The van der Waals surface area contributed by atoms with E-state index in [-0.39, 0.29) is 0 Å². The fourth-order valence-electron chi connectivity index (χ4n) is 4.31. The van der Waals surface area contributed by atoms with E-state index in [0.29, 0.717) is 11.8 Å². The van der Waals surface area contributed by atoms with Gasteiger partial charge in [0.25, 0.3) is 3.93 Å². The summed E-state index contributed by atoms with van der Waals surface area (Å²) in [7, 11) is 0. The number of hydrogen-bond acceptors (Lipinski definition) is 1. The van der Waals surface area contributed by atoms with E-state index in [4.69, 9.17) is 4.74 Å². The van der Waals surface area contributed by atoms with E-state index in [1.54, 1.807) is 5.56 Å². The van der Waals surface area contributed by atoms with Crippen molar-refractivity contribution in [3.05, 3.63) is 29.3 Å². The van der Waals surface area contributed by atoms with Crippen LogP contribution in [0.3, 0.4) is 0 Å². The molecule has 0 spiro atoms. The lowest BCUT2D eigenvalue weighted by molar-refractivity contribution is 0.307. The number of halogens is 3. The van der Waals surface area contributed by atoms with Gasteiger partial charge in [-0.3, -0.25) is 0 Å². The van der Waals surface area contributed by atoms with Gasteiger partial charge in [-0.25, -0.2) is 0 Å². The fraction of sp³-hybridized carbons (Fsp3) is 0.727. The normalized spacial score (nSPS) is 16.1. The Balaban J connectivity index is 2.15. The Morgan fingerprint density at radius 1 is 1.04 bits per heavy atom. The molecule has 0 N–H and O–H groups in total. The molecule has 154 valence electrons. The van der Waals surface area contributed by atoms with Crippen LogP contribution in [0.2, 0.25) is 6.04 Å². The maximum atomic E-state index is 6.30. The van der Waals surface area contributed by atoms with Gasteiger partial charge in [-0.2, -0.15) is 0 Å². The lowest BCUT2D eigenvalue weighted by Gasteiger charge is -2.26. The number of benzene rings is 1. The number of hydrogen-bond donors (Lipinski definition) is 0. The van der Waals surface area contributed by atoms with E-state index >= 15 is 0 Å². The number of rotatable bonds is 11. The van der Waals surface area contributed by atoms with Crippen LogP contribution in [-0.4, -0.2) is 10.5 Å². The Morgan fingerprint density at radius 3 is 2.30 bits per heavy atom. The van der Waals surface area contributed by atoms with Crippen LogP contribution in [0, 0.1) is 0 Å². The molecule has 0 unspecified atom stereocenters. The molecule has 5 heteroatoms. The second kappa shape index (κ2) is 12.4. The summed E-state index contributed by atoms with van der Waals surface area (Å²) >= 11 is 11.1. The Labute approximate surface area is 191 Å². The Hall–Kier alpha value is 0.677. The van der Waals surface area contributed by atoms with Crippen molar-refractivity contribution in [2.75, 3.05) is 6.61 Å². The van der Waals surface area contributed by atoms with Gasteiger partial charge in [0.1, 0.15) is 5.75 Å². The van der Waals surface area contributed by atoms with Crippen LogP contribution < -0.4 is 4.74 Å². The van der Waals surface area contributed by atoms with Gasteiger partial charge in [0.05, 0.1) is 6.61 Å². The monoisotopic (exact) mass is 580 g/mol. The second-order valence-electron chi connectivity index (χ2n) is 7.97. The molecule has 27 heavy (non-hydrogen) atoms. The highest BCUT2D eigenvalue weighted by molar-refractivity contribution is 9.72. The SMILES string of the molecule is CCCC(CCC)c1ccc(OCCC[Si](Br)(Br)Br)c(C2CCCCC2)c1. The lowest BCUT2D eigenvalue weighted by Crippen LogP contribution is -2.11. The van der Waals surface area contributed by atoms with Crippen molar-refractivity contribution in [1.29, 1.82) is 0 Å². The van der Waals surface area contributed by atoms with Gasteiger partial charge in [-0.05, 0) is 67.2 Å². The minimum absolute atomic E-state index is 0.689. The minimum atomic E-state index is -1.53. The van der Waals surface area contributed by atoms with Gasteiger partial charge in [0.15, 0.2) is 0 Å². The molecule has 1 aliphatic carbocycles. The summed E-state index contributed by atoms with van der Waals surface area (Å²) in [6, 6.07) is 8.24. The highest BCUT2D eigenvalue weighted by Crippen LogP contribution is 2.40. The van der Waals surface area contributed by atoms with Crippen molar-refractivity contribution in [2.24, 2.45) is 0 Å². The maximum Gasteiger partial charge on any atom is 0.267 e. The first-order valence-electron chi connectivity index (χ1n) is 10.8. The van der Waals surface area contributed by atoms with Crippen LogP contribution in [0.4, 0.5) is 0 Å². The zero-order valence-corrected chi connectivity index (χ0v) is 22.7. The van der Waals surface area contributed by atoms with E-state index in [1.165, 1.54) is 63.4 Å². The van der Waals surface area contributed by atoms with E-state index in [0.717, 1.165) is 24.8 Å². The standard InChI is InChI=1S/C22H35Br3OSi/c1-3-9-18(10-4-2)20-13-14-22(26-15-8-16-27(23,24)25)21(17-20)19-11-6-5-7-12-19/h13-14,17-19H,3-12,15-16H2,1-2H3. The maximum absolute atomic E-state index is 6.30. The van der Waals surface area contributed by atoms with E-state index in [9.17, 15) is 0 Å². The molecule has 0 aromatic heterocycles. The first-order valence-corrected chi connectivity index (χ1v) is 19.8. The topological polar surface area (TPSA) is 9.23 Å². The van der Waals surface area contributed by atoms with Gasteiger partial charge < -0.3 is 4.74 Å². The molecule has 1 aliphatic rings.